The number of halogens is 1. The molecule has 132 valence electrons. The van der Waals surface area contributed by atoms with Crippen LogP contribution >= 0.6 is 0 Å². The van der Waals surface area contributed by atoms with Crippen LogP contribution in [0.25, 0.3) is 11.3 Å². The monoisotopic (exact) mass is 351 g/mol. The zero-order valence-corrected chi connectivity index (χ0v) is 14.2. The van der Waals surface area contributed by atoms with Crippen molar-refractivity contribution in [2.75, 3.05) is 6.54 Å². The molecule has 0 bridgehead atoms. The maximum atomic E-state index is 14.6. The zero-order chi connectivity index (χ0) is 18.3. The molecule has 0 radical (unpaired) electrons. The Hall–Kier alpha value is -3.15. The number of phenols is 1. The van der Waals surface area contributed by atoms with Crippen LogP contribution in [0.1, 0.15) is 41.0 Å². The van der Waals surface area contributed by atoms with E-state index >= 15 is 0 Å². The first-order valence-corrected chi connectivity index (χ1v) is 8.55. The summed E-state index contributed by atoms with van der Waals surface area (Å²) in [5.41, 5.74) is 2.36. The molecule has 1 aliphatic rings. The second-order valence-corrected chi connectivity index (χ2v) is 6.30. The van der Waals surface area contributed by atoms with Crippen molar-refractivity contribution < 1.29 is 14.3 Å². The predicted molar refractivity (Wildman–Crippen MR) is 95.3 cm³/mol. The second-order valence-electron chi connectivity index (χ2n) is 6.30. The Balaban J connectivity index is 1.95. The van der Waals surface area contributed by atoms with E-state index in [9.17, 15) is 14.3 Å². The van der Waals surface area contributed by atoms with E-state index in [1.807, 2.05) is 6.92 Å². The van der Waals surface area contributed by atoms with Crippen molar-refractivity contribution in [3.63, 3.8) is 0 Å². The molecule has 6 heteroatoms. The average Bonchev–Trinajstić information content (AvgIpc) is 3.17. The number of carbonyl (C=O) groups excluding carboxylic acids is 1. The van der Waals surface area contributed by atoms with Gasteiger partial charge in [0.2, 0.25) is 0 Å². The van der Waals surface area contributed by atoms with Crippen molar-refractivity contribution in [1.82, 2.24) is 15.1 Å². The number of para-hydroxylation sites is 1. The molecular weight excluding hydrogens is 333 g/mol. The number of hydrogen-bond acceptors (Lipinski definition) is 3. The fourth-order valence-corrected chi connectivity index (χ4v) is 3.57. The van der Waals surface area contributed by atoms with Gasteiger partial charge in [0, 0.05) is 23.2 Å². The van der Waals surface area contributed by atoms with Gasteiger partial charge in [-0.05, 0) is 24.6 Å². The maximum absolute atomic E-state index is 14.6. The lowest BCUT2D eigenvalue weighted by Gasteiger charge is -2.26. The van der Waals surface area contributed by atoms with Gasteiger partial charge < -0.3 is 10.0 Å². The van der Waals surface area contributed by atoms with E-state index in [2.05, 4.69) is 10.2 Å². The topological polar surface area (TPSA) is 69.2 Å². The number of phenolic OH excluding ortho intramolecular Hbond substituents is 1. The number of aromatic nitrogens is 2. The van der Waals surface area contributed by atoms with Crippen LogP contribution in [0, 0.1) is 5.82 Å². The Labute approximate surface area is 150 Å². The highest BCUT2D eigenvalue weighted by Crippen LogP contribution is 2.44. The molecule has 0 spiro atoms. The molecule has 26 heavy (non-hydrogen) atoms. The Morgan fingerprint density at radius 2 is 1.92 bits per heavy atom. The van der Waals surface area contributed by atoms with E-state index < -0.39 is 6.04 Å². The normalized spacial score (nSPS) is 16.2. The number of nitrogens with one attached hydrogen (secondary N) is 1. The number of benzene rings is 2. The summed E-state index contributed by atoms with van der Waals surface area (Å²) in [6.45, 7) is 2.47. The molecule has 0 saturated heterocycles. The summed E-state index contributed by atoms with van der Waals surface area (Å²) >= 11 is 0. The molecule has 1 aromatic heterocycles. The number of aromatic amines is 1. The molecule has 4 rings (SSSR count). The molecule has 3 aromatic rings. The Morgan fingerprint density at radius 1 is 1.19 bits per heavy atom. The van der Waals surface area contributed by atoms with Gasteiger partial charge in [0.25, 0.3) is 5.91 Å². The number of amides is 1. The number of rotatable bonds is 4. The molecule has 0 unspecified atom stereocenters. The highest BCUT2D eigenvalue weighted by Gasteiger charge is 2.42. The van der Waals surface area contributed by atoms with Crippen molar-refractivity contribution in [2.45, 2.75) is 19.4 Å². The smallest absolute Gasteiger partial charge is 0.273 e. The first-order chi connectivity index (χ1) is 12.6. The molecule has 0 saturated carbocycles. The van der Waals surface area contributed by atoms with Crippen molar-refractivity contribution in [3.05, 3.63) is 71.2 Å². The van der Waals surface area contributed by atoms with Gasteiger partial charge in [0.05, 0.1) is 6.04 Å². The highest BCUT2D eigenvalue weighted by molar-refractivity contribution is 6.00. The molecule has 2 aromatic carbocycles. The first-order valence-electron chi connectivity index (χ1n) is 8.55. The molecule has 2 N–H and O–H groups in total. The number of carbonyl (C=O) groups is 1. The first kappa shape index (κ1) is 16.3. The van der Waals surface area contributed by atoms with Crippen LogP contribution < -0.4 is 0 Å². The average molecular weight is 351 g/mol. The third kappa shape index (κ3) is 2.37. The lowest BCUT2D eigenvalue weighted by molar-refractivity contribution is 0.0742. The largest absolute Gasteiger partial charge is 0.507 e. The van der Waals surface area contributed by atoms with Gasteiger partial charge >= 0.3 is 0 Å². The summed E-state index contributed by atoms with van der Waals surface area (Å²) < 4.78 is 14.6. The van der Waals surface area contributed by atoms with E-state index in [1.54, 1.807) is 47.4 Å². The Kier molecular flexibility index (Phi) is 3.95. The number of hydrogen-bond donors (Lipinski definition) is 2. The van der Waals surface area contributed by atoms with Gasteiger partial charge in [-0.15, -0.1) is 0 Å². The summed E-state index contributed by atoms with van der Waals surface area (Å²) in [7, 11) is 0. The van der Waals surface area contributed by atoms with E-state index in [0.29, 0.717) is 34.6 Å². The highest BCUT2D eigenvalue weighted by atomic mass is 19.1. The molecule has 1 amide bonds. The molecule has 1 aliphatic heterocycles. The third-order valence-corrected chi connectivity index (χ3v) is 4.69. The predicted octanol–water partition coefficient (Wildman–Crippen LogP) is 3.88. The lowest BCUT2D eigenvalue weighted by atomic mass is 9.95. The fourth-order valence-electron chi connectivity index (χ4n) is 3.57. The molecule has 2 heterocycles. The summed E-state index contributed by atoms with van der Waals surface area (Å²) in [5, 5.41) is 17.3. The Morgan fingerprint density at radius 3 is 2.65 bits per heavy atom. The van der Waals surface area contributed by atoms with Crippen LogP contribution in [0.15, 0.2) is 48.5 Å². The molecule has 1 atom stereocenters. The van der Waals surface area contributed by atoms with Gasteiger partial charge in [-0.2, -0.15) is 5.10 Å². The van der Waals surface area contributed by atoms with E-state index in [1.165, 1.54) is 6.07 Å². The van der Waals surface area contributed by atoms with Crippen LogP contribution in [0.4, 0.5) is 4.39 Å². The molecular formula is C20H18FN3O2. The van der Waals surface area contributed by atoms with Crippen LogP contribution in [-0.2, 0) is 0 Å². The minimum absolute atomic E-state index is 0.0653. The summed E-state index contributed by atoms with van der Waals surface area (Å²) in [4.78, 5) is 14.5. The lowest BCUT2D eigenvalue weighted by Crippen LogP contribution is -2.30. The maximum Gasteiger partial charge on any atom is 0.273 e. The summed E-state index contributed by atoms with van der Waals surface area (Å²) in [6.07, 6.45) is 0.750. The summed E-state index contributed by atoms with van der Waals surface area (Å²) in [6, 6.07) is 12.7. The van der Waals surface area contributed by atoms with Crippen LogP contribution in [-0.4, -0.2) is 32.7 Å². The number of H-pyrrole nitrogens is 1. The zero-order valence-electron chi connectivity index (χ0n) is 14.2. The van der Waals surface area contributed by atoms with Gasteiger partial charge in [0.15, 0.2) is 0 Å². The minimum Gasteiger partial charge on any atom is -0.507 e. The third-order valence-electron chi connectivity index (χ3n) is 4.69. The van der Waals surface area contributed by atoms with Crippen molar-refractivity contribution >= 4 is 5.91 Å². The van der Waals surface area contributed by atoms with Crippen molar-refractivity contribution in [3.8, 4) is 17.0 Å². The van der Waals surface area contributed by atoms with Crippen molar-refractivity contribution in [2.24, 2.45) is 0 Å². The van der Waals surface area contributed by atoms with Crippen LogP contribution in [0.5, 0.6) is 5.75 Å². The molecule has 0 fully saturated rings. The van der Waals surface area contributed by atoms with E-state index in [4.69, 9.17) is 0 Å². The summed E-state index contributed by atoms with van der Waals surface area (Å²) in [5.74, 6) is -0.511. The van der Waals surface area contributed by atoms with Crippen LogP contribution in [0.2, 0.25) is 0 Å². The number of nitrogens with zero attached hydrogens (tertiary/aromatic N) is 2. The Bertz CT molecular complexity index is 983. The van der Waals surface area contributed by atoms with Gasteiger partial charge in [0.1, 0.15) is 23.0 Å². The van der Waals surface area contributed by atoms with E-state index in [-0.39, 0.29) is 17.5 Å². The minimum atomic E-state index is -0.577. The molecule has 5 nitrogen and oxygen atoms in total. The van der Waals surface area contributed by atoms with Crippen molar-refractivity contribution in [1.29, 1.82) is 0 Å². The van der Waals surface area contributed by atoms with Crippen LogP contribution in [0.3, 0.4) is 0 Å². The number of aromatic hydroxyl groups is 1. The van der Waals surface area contributed by atoms with Gasteiger partial charge in [-0.1, -0.05) is 37.3 Å². The molecule has 0 aliphatic carbocycles. The van der Waals surface area contributed by atoms with Gasteiger partial charge in [-0.25, -0.2) is 4.39 Å². The standard InChI is InChI=1S/C20H18FN3O2/c1-2-11-24-19(12-7-3-5-9-14(12)21)16-17(22-23-18(16)20(24)26)13-8-4-6-10-15(13)25/h3-10,19,25H,2,11H2,1H3,(H,22,23)/t19-/m1/s1. The number of fused-ring (bicyclic) bond motifs is 1. The second kappa shape index (κ2) is 6.29. The van der Waals surface area contributed by atoms with Gasteiger partial charge in [-0.3, -0.25) is 9.89 Å². The van der Waals surface area contributed by atoms with E-state index in [0.717, 1.165) is 6.42 Å². The SMILES string of the molecule is CCCN1C(=O)c2[nH]nc(-c3ccccc3O)c2[C@H]1c1ccccc1F. The quantitative estimate of drug-likeness (QED) is 0.749. The fraction of sp³-hybridized carbons (Fsp3) is 0.200.